The molecule has 1 aromatic carbocycles. The number of aryl methyl sites for hydroxylation is 1. The average molecular weight is 419 g/mol. The number of nitrogens with zero attached hydrogens (tertiary/aromatic N) is 2. The summed E-state index contributed by atoms with van der Waals surface area (Å²) in [4.78, 5) is 16.9. The summed E-state index contributed by atoms with van der Waals surface area (Å²) in [5, 5.41) is 11.2. The van der Waals surface area contributed by atoms with Crippen LogP contribution in [0.5, 0.6) is 0 Å². The molecule has 1 saturated carbocycles. The Bertz CT molecular complexity index is 843. The molecule has 1 aromatic heterocycles. The Kier molecular flexibility index (Phi) is 6.47. The van der Waals surface area contributed by atoms with Crippen molar-refractivity contribution in [3.05, 3.63) is 35.2 Å². The van der Waals surface area contributed by atoms with Gasteiger partial charge in [-0.2, -0.15) is 4.98 Å². The smallest absolute Gasteiger partial charge is 0.226 e. The van der Waals surface area contributed by atoms with Gasteiger partial charge in [0.1, 0.15) is 0 Å². The summed E-state index contributed by atoms with van der Waals surface area (Å²) in [5.74, 6) is 2.33. The molecule has 1 aliphatic carbocycles. The Labute approximate surface area is 175 Å². The van der Waals surface area contributed by atoms with E-state index in [1.807, 2.05) is 18.2 Å². The first-order chi connectivity index (χ1) is 14.1. The van der Waals surface area contributed by atoms with Crippen LogP contribution in [0.15, 0.2) is 28.8 Å². The zero-order valence-corrected chi connectivity index (χ0v) is 17.3. The number of halogens is 1. The second kappa shape index (κ2) is 9.24. The van der Waals surface area contributed by atoms with Crippen LogP contribution in [-0.2, 0) is 16.0 Å². The standard InChI is InChI=1S/C21H27ClN4O3/c1-28-18-10-14-12-23-11-13(14)9-17(18)24-19(27)7-4-8-20-25-21(26-29-20)15-5-2-3-6-16(15)22/h2-3,5-6,13-14,17-18,23H,4,7-12H2,1H3,(H,24,27)/t13-,14+,17-,18-/m0/s1. The van der Waals surface area contributed by atoms with E-state index in [9.17, 15) is 4.79 Å². The molecule has 0 radical (unpaired) electrons. The van der Waals surface area contributed by atoms with Gasteiger partial charge in [-0.1, -0.05) is 28.9 Å². The third-order valence-corrected chi connectivity index (χ3v) is 6.38. The van der Waals surface area contributed by atoms with E-state index in [1.165, 1.54) is 0 Å². The van der Waals surface area contributed by atoms with Gasteiger partial charge in [0.25, 0.3) is 0 Å². The minimum Gasteiger partial charge on any atom is -0.379 e. The van der Waals surface area contributed by atoms with Crippen LogP contribution in [0, 0.1) is 11.8 Å². The van der Waals surface area contributed by atoms with Gasteiger partial charge in [-0.25, -0.2) is 0 Å². The van der Waals surface area contributed by atoms with Crippen molar-refractivity contribution in [2.24, 2.45) is 11.8 Å². The summed E-state index contributed by atoms with van der Waals surface area (Å²) >= 11 is 6.18. The lowest BCUT2D eigenvalue weighted by molar-refractivity contribution is -0.123. The van der Waals surface area contributed by atoms with Crippen LogP contribution in [0.2, 0.25) is 5.02 Å². The van der Waals surface area contributed by atoms with Crippen molar-refractivity contribution in [2.75, 3.05) is 20.2 Å². The lowest BCUT2D eigenvalue weighted by Crippen LogP contribution is -2.50. The molecule has 8 heteroatoms. The molecule has 4 rings (SSSR count). The third kappa shape index (κ3) is 4.79. The van der Waals surface area contributed by atoms with E-state index >= 15 is 0 Å². The molecule has 1 saturated heterocycles. The van der Waals surface area contributed by atoms with E-state index in [-0.39, 0.29) is 18.1 Å². The van der Waals surface area contributed by atoms with Crippen molar-refractivity contribution in [1.82, 2.24) is 20.8 Å². The van der Waals surface area contributed by atoms with Gasteiger partial charge in [-0.05, 0) is 56.3 Å². The largest absolute Gasteiger partial charge is 0.379 e. The van der Waals surface area contributed by atoms with Crippen LogP contribution in [0.4, 0.5) is 0 Å². The number of amides is 1. The molecule has 7 nitrogen and oxygen atoms in total. The molecule has 2 aromatic rings. The van der Waals surface area contributed by atoms with Crippen molar-refractivity contribution < 1.29 is 14.1 Å². The highest BCUT2D eigenvalue weighted by Crippen LogP contribution is 2.34. The highest BCUT2D eigenvalue weighted by Gasteiger charge is 2.40. The minimum absolute atomic E-state index is 0.0484. The molecular weight excluding hydrogens is 392 g/mol. The fourth-order valence-electron chi connectivity index (χ4n) is 4.48. The summed E-state index contributed by atoms with van der Waals surface area (Å²) in [5.41, 5.74) is 0.740. The van der Waals surface area contributed by atoms with E-state index < -0.39 is 0 Å². The highest BCUT2D eigenvalue weighted by atomic mass is 35.5. The highest BCUT2D eigenvalue weighted by molar-refractivity contribution is 6.33. The molecule has 0 spiro atoms. The molecule has 2 fully saturated rings. The Morgan fingerprint density at radius 3 is 2.90 bits per heavy atom. The molecule has 2 N–H and O–H groups in total. The Morgan fingerprint density at radius 2 is 2.10 bits per heavy atom. The second-order valence-corrected chi connectivity index (χ2v) is 8.35. The van der Waals surface area contributed by atoms with Gasteiger partial charge in [0.05, 0.1) is 17.2 Å². The first kappa shape index (κ1) is 20.3. The quantitative estimate of drug-likeness (QED) is 0.718. The summed E-state index contributed by atoms with van der Waals surface area (Å²) in [6, 6.07) is 7.47. The van der Waals surface area contributed by atoms with Crippen molar-refractivity contribution in [1.29, 1.82) is 0 Å². The van der Waals surface area contributed by atoms with Crippen molar-refractivity contribution >= 4 is 17.5 Å². The lowest BCUT2D eigenvalue weighted by atomic mass is 9.77. The molecule has 1 amide bonds. The van der Waals surface area contributed by atoms with E-state index in [4.69, 9.17) is 20.9 Å². The van der Waals surface area contributed by atoms with Gasteiger partial charge >= 0.3 is 0 Å². The predicted molar refractivity (Wildman–Crippen MR) is 109 cm³/mol. The predicted octanol–water partition coefficient (Wildman–Crippen LogP) is 2.84. The zero-order chi connectivity index (χ0) is 20.2. The maximum absolute atomic E-state index is 12.5. The summed E-state index contributed by atoms with van der Waals surface area (Å²) in [6.07, 6.45) is 3.70. The maximum Gasteiger partial charge on any atom is 0.226 e. The SMILES string of the molecule is CO[C@H]1C[C@@H]2CNC[C@@H]2C[C@@H]1NC(=O)CCCc1nc(-c2ccccc2Cl)no1. The Balaban J connectivity index is 1.25. The van der Waals surface area contributed by atoms with Gasteiger partial charge in [0, 0.05) is 25.5 Å². The molecule has 156 valence electrons. The number of carbonyl (C=O) groups is 1. The van der Waals surface area contributed by atoms with Crippen LogP contribution in [0.25, 0.3) is 11.4 Å². The van der Waals surface area contributed by atoms with Gasteiger partial charge in [0.15, 0.2) is 0 Å². The number of fused-ring (bicyclic) bond motifs is 1. The van der Waals surface area contributed by atoms with Crippen LogP contribution in [0.3, 0.4) is 0 Å². The Hall–Kier alpha value is -1.96. The van der Waals surface area contributed by atoms with Crippen LogP contribution >= 0.6 is 11.6 Å². The number of carbonyl (C=O) groups excluding carboxylic acids is 1. The topological polar surface area (TPSA) is 89.3 Å². The van der Waals surface area contributed by atoms with Gasteiger partial charge in [0.2, 0.25) is 17.6 Å². The van der Waals surface area contributed by atoms with E-state index in [0.29, 0.717) is 47.8 Å². The maximum atomic E-state index is 12.5. The summed E-state index contributed by atoms with van der Waals surface area (Å²) in [7, 11) is 1.73. The van der Waals surface area contributed by atoms with Crippen molar-refractivity contribution in [2.45, 2.75) is 44.2 Å². The molecule has 1 aliphatic heterocycles. The molecule has 29 heavy (non-hydrogen) atoms. The number of rotatable bonds is 7. The molecule has 0 unspecified atom stereocenters. The van der Waals surface area contributed by atoms with E-state index in [0.717, 1.165) is 31.5 Å². The minimum atomic E-state index is 0.0484. The number of hydrogen-bond acceptors (Lipinski definition) is 6. The lowest BCUT2D eigenvalue weighted by Gasteiger charge is -2.37. The molecule has 4 atom stereocenters. The van der Waals surface area contributed by atoms with Crippen molar-refractivity contribution in [3.63, 3.8) is 0 Å². The fourth-order valence-corrected chi connectivity index (χ4v) is 4.70. The summed E-state index contributed by atoms with van der Waals surface area (Å²) < 4.78 is 11.0. The van der Waals surface area contributed by atoms with Crippen molar-refractivity contribution in [3.8, 4) is 11.4 Å². The van der Waals surface area contributed by atoms with E-state index in [2.05, 4.69) is 20.8 Å². The first-order valence-corrected chi connectivity index (χ1v) is 10.6. The number of hydrogen-bond donors (Lipinski definition) is 2. The van der Waals surface area contributed by atoms with Gasteiger partial charge in [-0.15, -0.1) is 0 Å². The number of benzene rings is 1. The monoisotopic (exact) mass is 418 g/mol. The summed E-state index contributed by atoms with van der Waals surface area (Å²) in [6.45, 7) is 2.10. The molecule has 0 bridgehead atoms. The van der Waals surface area contributed by atoms with Gasteiger partial charge < -0.3 is 19.9 Å². The third-order valence-electron chi connectivity index (χ3n) is 6.05. The number of nitrogens with one attached hydrogen (secondary N) is 2. The number of methoxy groups -OCH3 is 1. The van der Waals surface area contributed by atoms with E-state index in [1.54, 1.807) is 13.2 Å². The molecule has 2 aliphatic rings. The molecular formula is C21H27ClN4O3. The van der Waals surface area contributed by atoms with Gasteiger partial charge in [-0.3, -0.25) is 4.79 Å². The average Bonchev–Trinajstić information content (AvgIpc) is 3.36. The fraction of sp³-hybridized carbons (Fsp3) is 0.571. The number of ether oxygens (including phenoxy) is 1. The molecule has 2 heterocycles. The van der Waals surface area contributed by atoms with Crippen LogP contribution in [0.1, 0.15) is 31.6 Å². The van der Waals surface area contributed by atoms with Crippen LogP contribution in [-0.4, -0.2) is 48.4 Å². The first-order valence-electron chi connectivity index (χ1n) is 10.2. The normalized spacial score (nSPS) is 26.3. The van der Waals surface area contributed by atoms with Crippen LogP contribution < -0.4 is 10.6 Å². The number of aromatic nitrogens is 2. The second-order valence-electron chi connectivity index (χ2n) is 7.94. The zero-order valence-electron chi connectivity index (χ0n) is 16.6. The Morgan fingerprint density at radius 1 is 1.31 bits per heavy atom.